The van der Waals surface area contributed by atoms with Crippen LogP contribution in [0.2, 0.25) is 0 Å². The summed E-state index contributed by atoms with van der Waals surface area (Å²) >= 11 is 0. The minimum atomic E-state index is -1.27. The summed E-state index contributed by atoms with van der Waals surface area (Å²) in [5, 5.41) is 2.54. The molecular weight excluding hydrogens is 302 g/mol. The fraction of sp³-hybridized carbons (Fsp3) is 0.375. The van der Waals surface area contributed by atoms with Crippen molar-refractivity contribution < 1.29 is 28.7 Å². The SMILES string of the molecule is COC(=O)c1ccccc1[C@H](NC(C)=O)[C@@H](C(C)=O)C(=O)OC. The van der Waals surface area contributed by atoms with Gasteiger partial charge in [-0.1, -0.05) is 18.2 Å². The number of rotatable bonds is 6. The summed E-state index contributed by atoms with van der Waals surface area (Å²) in [7, 11) is 2.37. The number of hydrogen-bond acceptors (Lipinski definition) is 6. The predicted molar refractivity (Wildman–Crippen MR) is 80.5 cm³/mol. The Balaban J connectivity index is 3.48. The molecule has 1 amide bonds. The van der Waals surface area contributed by atoms with E-state index >= 15 is 0 Å². The van der Waals surface area contributed by atoms with Gasteiger partial charge in [0, 0.05) is 6.92 Å². The zero-order chi connectivity index (χ0) is 17.6. The normalized spacial score (nSPS) is 12.7. The van der Waals surface area contributed by atoms with Crippen LogP contribution >= 0.6 is 0 Å². The number of benzene rings is 1. The van der Waals surface area contributed by atoms with Crippen molar-refractivity contribution in [3.63, 3.8) is 0 Å². The summed E-state index contributed by atoms with van der Waals surface area (Å²) in [6, 6.07) is 5.25. The fourth-order valence-corrected chi connectivity index (χ4v) is 2.29. The molecule has 0 radical (unpaired) electrons. The molecule has 0 aliphatic carbocycles. The van der Waals surface area contributed by atoms with Gasteiger partial charge in [0.25, 0.3) is 0 Å². The van der Waals surface area contributed by atoms with Crippen LogP contribution in [0.4, 0.5) is 0 Å². The maximum absolute atomic E-state index is 12.0. The molecule has 2 atom stereocenters. The van der Waals surface area contributed by atoms with Gasteiger partial charge < -0.3 is 14.8 Å². The largest absolute Gasteiger partial charge is 0.468 e. The average molecular weight is 321 g/mol. The first-order valence-electron chi connectivity index (χ1n) is 6.86. The van der Waals surface area contributed by atoms with E-state index in [1.807, 2.05) is 0 Å². The lowest BCUT2D eigenvalue weighted by atomic mass is 9.87. The van der Waals surface area contributed by atoms with Crippen LogP contribution in [0.3, 0.4) is 0 Å². The third kappa shape index (κ3) is 4.38. The third-order valence-electron chi connectivity index (χ3n) is 3.29. The summed E-state index contributed by atoms with van der Waals surface area (Å²) in [4.78, 5) is 47.4. The Hall–Kier alpha value is -2.70. The second kappa shape index (κ2) is 8.07. The molecule has 124 valence electrons. The summed E-state index contributed by atoms with van der Waals surface area (Å²) in [5.41, 5.74) is 0.462. The van der Waals surface area contributed by atoms with Gasteiger partial charge in [-0.05, 0) is 18.6 Å². The number of amides is 1. The maximum atomic E-state index is 12.0. The van der Waals surface area contributed by atoms with Gasteiger partial charge in [0.05, 0.1) is 25.8 Å². The second-order valence-electron chi connectivity index (χ2n) is 4.87. The molecule has 0 unspecified atom stereocenters. The van der Waals surface area contributed by atoms with Crippen LogP contribution in [0.5, 0.6) is 0 Å². The van der Waals surface area contributed by atoms with E-state index in [9.17, 15) is 19.2 Å². The Kier molecular flexibility index (Phi) is 6.44. The van der Waals surface area contributed by atoms with E-state index in [0.717, 1.165) is 7.11 Å². The number of nitrogens with one attached hydrogen (secondary N) is 1. The average Bonchev–Trinajstić information content (AvgIpc) is 2.52. The van der Waals surface area contributed by atoms with Crippen molar-refractivity contribution in [2.24, 2.45) is 5.92 Å². The van der Waals surface area contributed by atoms with Crippen LogP contribution in [-0.2, 0) is 23.9 Å². The number of esters is 2. The fourth-order valence-electron chi connectivity index (χ4n) is 2.29. The molecule has 0 aromatic heterocycles. The monoisotopic (exact) mass is 321 g/mol. The molecule has 0 aliphatic rings. The molecular formula is C16H19NO6. The molecule has 0 spiro atoms. The van der Waals surface area contributed by atoms with Gasteiger partial charge >= 0.3 is 11.9 Å². The van der Waals surface area contributed by atoms with Gasteiger partial charge in [-0.15, -0.1) is 0 Å². The Labute approximate surface area is 134 Å². The van der Waals surface area contributed by atoms with Crippen molar-refractivity contribution in [3.8, 4) is 0 Å². The van der Waals surface area contributed by atoms with E-state index in [1.165, 1.54) is 27.0 Å². The van der Waals surface area contributed by atoms with E-state index in [-0.39, 0.29) is 5.56 Å². The first-order chi connectivity index (χ1) is 10.8. The number of carbonyl (C=O) groups is 4. The minimum Gasteiger partial charge on any atom is -0.468 e. The topological polar surface area (TPSA) is 98.8 Å². The molecule has 7 heteroatoms. The molecule has 0 heterocycles. The number of hydrogen-bond donors (Lipinski definition) is 1. The van der Waals surface area contributed by atoms with Crippen LogP contribution in [-0.4, -0.2) is 37.8 Å². The first-order valence-corrected chi connectivity index (χ1v) is 6.86. The summed E-state index contributed by atoms with van der Waals surface area (Å²) in [6.07, 6.45) is 0. The highest BCUT2D eigenvalue weighted by atomic mass is 16.5. The van der Waals surface area contributed by atoms with Crippen molar-refractivity contribution in [2.45, 2.75) is 19.9 Å². The molecule has 23 heavy (non-hydrogen) atoms. The lowest BCUT2D eigenvalue weighted by molar-refractivity contribution is -0.150. The van der Waals surface area contributed by atoms with Crippen molar-refractivity contribution >= 4 is 23.6 Å². The molecule has 0 aliphatic heterocycles. The standard InChI is InChI=1S/C16H19NO6/c1-9(18)13(16(21)23-4)14(17-10(2)19)11-7-5-6-8-12(11)15(20)22-3/h5-8,13-14H,1-4H3,(H,17,19)/t13-,14+/m1/s1. The van der Waals surface area contributed by atoms with Gasteiger partial charge in [0.2, 0.25) is 5.91 Å². The number of methoxy groups -OCH3 is 2. The summed E-state index contributed by atoms with van der Waals surface area (Å²) in [6.45, 7) is 2.47. The number of ether oxygens (including phenoxy) is 2. The number of carbonyl (C=O) groups excluding carboxylic acids is 4. The lowest BCUT2D eigenvalue weighted by Gasteiger charge is -2.25. The van der Waals surface area contributed by atoms with E-state index in [4.69, 9.17) is 4.74 Å². The molecule has 0 saturated heterocycles. The minimum absolute atomic E-state index is 0.156. The Bertz CT molecular complexity index is 625. The Morgan fingerprint density at radius 3 is 2.09 bits per heavy atom. The summed E-state index contributed by atoms with van der Waals surface area (Å²) < 4.78 is 9.36. The molecule has 7 nitrogen and oxygen atoms in total. The maximum Gasteiger partial charge on any atom is 0.338 e. The predicted octanol–water partition coefficient (Wildman–Crippen LogP) is 1.03. The molecule has 1 aromatic rings. The van der Waals surface area contributed by atoms with E-state index in [1.54, 1.807) is 18.2 Å². The third-order valence-corrected chi connectivity index (χ3v) is 3.29. The van der Waals surface area contributed by atoms with Crippen molar-refractivity contribution in [1.82, 2.24) is 5.32 Å². The van der Waals surface area contributed by atoms with Crippen LogP contribution in [0.25, 0.3) is 0 Å². The van der Waals surface area contributed by atoms with Crippen molar-refractivity contribution in [2.75, 3.05) is 14.2 Å². The molecule has 0 fully saturated rings. The van der Waals surface area contributed by atoms with Crippen molar-refractivity contribution in [1.29, 1.82) is 0 Å². The molecule has 0 saturated carbocycles. The van der Waals surface area contributed by atoms with E-state index in [0.29, 0.717) is 5.56 Å². The van der Waals surface area contributed by atoms with Gasteiger partial charge in [0.15, 0.2) is 0 Å². The summed E-state index contributed by atoms with van der Waals surface area (Å²) in [5.74, 6) is -3.64. The number of ketones is 1. The quantitative estimate of drug-likeness (QED) is 0.620. The molecule has 0 bridgehead atoms. The van der Waals surface area contributed by atoms with Gasteiger partial charge in [-0.25, -0.2) is 4.79 Å². The smallest absolute Gasteiger partial charge is 0.338 e. The van der Waals surface area contributed by atoms with E-state index < -0.39 is 35.6 Å². The highest BCUT2D eigenvalue weighted by molar-refractivity contribution is 6.00. The highest BCUT2D eigenvalue weighted by Gasteiger charge is 2.37. The van der Waals surface area contributed by atoms with Crippen molar-refractivity contribution in [3.05, 3.63) is 35.4 Å². The molecule has 1 rings (SSSR count). The Morgan fingerprint density at radius 2 is 1.61 bits per heavy atom. The number of Topliss-reactive ketones (excluding diaryl/α,β-unsaturated/α-hetero) is 1. The molecule has 1 aromatic carbocycles. The van der Waals surface area contributed by atoms with Crippen LogP contribution in [0.1, 0.15) is 35.8 Å². The van der Waals surface area contributed by atoms with Crippen LogP contribution in [0.15, 0.2) is 24.3 Å². The highest BCUT2D eigenvalue weighted by Crippen LogP contribution is 2.28. The van der Waals surface area contributed by atoms with Gasteiger partial charge in [-0.3, -0.25) is 14.4 Å². The second-order valence-corrected chi connectivity index (χ2v) is 4.87. The lowest BCUT2D eigenvalue weighted by Crippen LogP contribution is -2.40. The van der Waals surface area contributed by atoms with Gasteiger partial charge in [-0.2, -0.15) is 0 Å². The first kappa shape index (κ1) is 18.3. The Morgan fingerprint density at radius 1 is 1.00 bits per heavy atom. The zero-order valence-electron chi connectivity index (χ0n) is 13.4. The van der Waals surface area contributed by atoms with Gasteiger partial charge in [0.1, 0.15) is 11.7 Å². The zero-order valence-corrected chi connectivity index (χ0v) is 13.4. The molecule has 1 N–H and O–H groups in total. The van der Waals surface area contributed by atoms with Crippen LogP contribution in [0, 0.1) is 5.92 Å². The van der Waals surface area contributed by atoms with Crippen LogP contribution < -0.4 is 5.32 Å². The van der Waals surface area contributed by atoms with E-state index in [2.05, 4.69) is 10.1 Å².